The molecule has 3 fully saturated rings. The monoisotopic (exact) mass is 262 g/mol. The molecule has 1 aromatic heterocycles. The Labute approximate surface area is 111 Å². The highest BCUT2D eigenvalue weighted by Gasteiger charge is 2.47. The highest BCUT2D eigenvalue weighted by Crippen LogP contribution is 2.48. The molecule has 3 nitrogen and oxygen atoms in total. The molecule has 2 bridgehead atoms. The van der Waals surface area contributed by atoms with Crippen molar-refractivity contribution in [3.05, 3.63) is 22.4 Å². The normalized spacial score (nSPS) is 38.9. The van der Waals surface area contributed by atoms with E-state index >= 15 is 0 Å². The fraction of sp³-hybridized carbons (Fsp3) is 0.643. The molecular weight excluding hydrogens is 244 g/mol. The zero-order chi connectivity index (χ0) is 12.1. The molecule has 0 spiro atoms. The van der Waals surface area contributed by atoms with Crippen LogP contribution in [0.15, 0.2) is 16.8 Å². The standard InChI is InChI=1S/C14H18N2OS/c17-13-7-15-14(11-3-4-18-8-11)16(13)12-6-9-1-2-10(12)5-9/h3-4,8-10,12,14-15H,1-2,5-7H2. The van der Waals surface area contributed by atoms with Crippen molar-refractivity contribution in [3.63, 3.8) is 0 Å². The van der Waals surface area contributed by atoms with E-state index in [0.717, 1.165) is 11.8 Å². The molecule has 4 heteroatoms. The third kappa shape index (κ3) is 1.55. The van der Waals surface area contributed by atoms with Crippen LogP contribution in [0, 0.1) is 11.8 Å². The molecule has 3 aliphatic rings. The number of nitrogens with zero attached hydrogens (tertiary/aromatic N) is 1. The second-order valence-corrected chi connectivity index (χ2v) is 6.66. The van der Waals surface area contributed by atoms with E-state index in [2.05, 4.69) is 27.0 Å². The highest BCUT2D eigenvalue weighted by atomic mass is 32.1. The van der Waals surface area contributed by atoms with E-state index in [4.69, 9.17) is 0 Å². The topological polar surface area (TPSA) is 32.3 Å². The molecule has 4 atom stereocenters. The van der Waals surface area contributed by atoms with Crippen LogP contribution in [0.4, 0.5) is 0 Å². The summed E-state index contributed by atoms with van der Waals surface area (Å²) in [7, 11) is 0. The van der Waals surface area contributed by atoms with Crippen molar-refractivity contribution in [1.29, 1.82) is 0 Å². The van der Waals surface area contributed by atoms with E-state index < -0.39 is 0 Å². The molecule has 96 valence electrons. The van der Waals surface area contributed by atoms with E-state index in [1.165, 1.54) is 31.2 Å². The molecule has 0 radical (unpaired) electrons. The van der Waals surface area contributed by atoms with Crippen molar-refractivity contribution >= 4 is 17.2 Å². The fourth-order valence-corrected chi connectivity index (χ4v) is 4.83. The Morgan fingerprint density at radius 3 is 2.94 bits per heavy atom. The van der Waals surface area contributed by atoms with Gasteiger partial charge in [0.1, 0.15) is 6.17 Å². The zero-order valence-corrected chi connectivity index (χ0v) is 11.2. The van der Waals surface area contributed by atoms with Crippen molar-refractivity contribution in [2.75, 3.05) is 6.54 Å². The molecule has 2 heterocycles. The maximum Gasteiger partial charge on any atom is 0.238 e. The van der Waals surface area contributed by atoms with Gasteiger partial charge in [-0.05, 0) is 53.5 Å². The van der Waals surface area contributed by atoms with Gasteiger partial charge in [0.25, 0.3) is 0 Å². The highest BCUT2D eigenvalue weighted by molar-refractivity contribution is 7.07. The van der Waals surface area contributed by atoms with E-state index in [9.17, 15) is 4.79 Å². The van der Waals surface area contributed by atoms with E-state index in [1.54, 1.807) is 11.3 Å². The van der Waals surface area contributed by atoms with Gasteiger partial charge in [0.05, 0.1) is 6.54 Å². The Hall–Kier alpha value is -0.870. The van der Waals surface area contributed by atoms with Crippen LogP contribution in [0.2, 0.25) is 0 Å². The number of rotatable bonds is 2. The van der Waals surface area contributed by atoms with Crippen LogP contribution in [-0.4, -0.2) is 23.4 Å². The van der Waals surface area contributed by atoms with E-state index in [1.807, 2.05) is 0 Å². The zero-order valence-electron chi connectivity index (χ0n) is 10.3. The van der Waals surface area contributed by atoms with Crippen LogP contribution in [0.3, 0.4) is 0 Å². The largest absolute Gasteiger partial charge is 0.319 e. The Morgan fingerprint density at radius 2 is 2.28 bits per heavy atom. The van der Waals surface area contributed by atoms with E-state index in [0.29, 0.717) is 18.5 Å². The molecule has 18 heavy (non-hydrogen) atoms. The first-order valence-corrected chi connectivity index (χ1v) is 7.84. The van der Waals surface area contributed by atoms with Crippen LogP contribution in [-0.2, 0) is 4.79 Å². The predicted octanol–water partition coefficient (Wildman–Crippen LogP) is 2.37. The third-order valence-corrected chi connectivity index (χ3v) is 5.63. The Balaban J connectivity index is 1.63. The average Bonchev–Trinajstić information content (AvgIpc) is 3.12. The van der Waals surface area contributed by atoms with Gasteiger partial charge in [-0.2, -0.15) is 11.3 Å². The average molecular weight is 262 g/mol. The summed E-state index contributed by atoms with van der Waals surface area (Å²) in [6.07, 6.45) is 5.44. The van der Waals surface area contributed by atoms with Crippen LogP contribution in [0.5, 0.6) is 0 Å². The molecule has 1 aliphatic heterocycles. The lowest BCUT2D eigenvalue weighted by Gasteiger charge is -2.35. The molecule has 1 aromatic rings. The van der Waals surface area contributed by atoms with Crippen molar-refractivity contribution in [2.24, 2.45) is 11.8 Å². The Morgan fingerprint density at radius 1 is 1.33 bits per heavy atom. The summed E-state index contributed by atoms with van der Waals surface area (Å²) in [5, 5.41) is 7.64. The first-order valence-electron chi connectivity index (χ1n) is 6.89. The Kier molecular flexibility index (Phi) is 2.49. The minimum Gasteiger partial charge on any atom is -0.319 e. The molecule has 1 saturated heterocycles. The van der Waals surface area contributed by atoms with Gasteiger partial charge in [0.15, 0.2) is 0 Å². The van der Waals surface area contributed by atoms with Gasteiger partial charge in [-0.15, -0.1) is 0 Å². The van der Waals surface area contributed by atoms with Crippen molar-refractivity contribution in [2.45, 2.75) is 37.9 Å². The summed E-state index contributed by atoms with van der Waals surface area (Å²) >= 11 is 1.71. The number of fused-ring (bicyclic) bond motifs is 2. The van der Waals surface area contributed by atoms with Crippen molar-refractivity contribution in [3.8, 4) is 0 Å². The Bertz CT molecular complexity index is 458. The van der Waals surface area contributed by atoms with Crippen LogP contribution >= 0.6 is 11.3 Å². The number of hydrogen-bond acceptors (Lipinski definition) is 3. The van der Waals surface area contributed by atoms with Gasteiger partial charge in [0.2, 0.25) is 5.91 Å². The minimum atomic E-state index is 0.132. The fourth-order valence-electron chi connectivity index (χ4n) is 4.15. The number of carbonyl (C=O) groups excluding carboxylic acids is 1. The number of amides is 1. The SMILES string of the molecule is O=C1CNC(c2ccsc2)N1C1CC2CCC1C2. The number of hydrogen-bond donors (Lipinski definition) is 1. The van der Waals surface area contributed by atoms with Gasteiger partial charge in [-0.1, -0.05) is 6.42 Å². The summed E-state index contributed by atoms with van der Waals surface area (Å²) in [4.78, 5) is 14.4. The lowest BCUT2D eigenvalue weighted by atomic mass is 9.93. The summed E-state index contributed by atoms with van der Waals surface area (Å²) in [6, 6.07) is 2.64. The smallest absolute Gasteiger partial charge is 0.238 e. The quantitative estimate of drug-likeness (QED) is 0.887. The molecule has 4 unspecified atom stereocenters. The molecule has 4 rings (SSSR count). The lowest BCUT2D eigenvalue weighted by Crippen LogP contribution is -2.42. The maximum absolute atomic E-state index is 12.2. The third-order valence-electron chi connectivity index (χ3n) is 4.93. The van der Waals surface area contributed by atoms with Crippen LogP contribution < -0.4 is 5.32 Å². The first-order chi connectivity index (χ1) is 8.83. The maximum atomic E-state index is 12.2. The van der Waals surface area contributed by atoms with Crippen molar-refractivity contribution < 1.29 is 4.79 Å². The number of nitrogens with one attached hydrogen (secondary N) is 1. The molecule has 0 aromatic carbocycles. The lowest BCUT2D eigenvalue weighted by molar-refractivity contribution is -0.131. The number of thiophene rings is 1. The molecule has 1 amide bonds. The number of carbonyl (C=O) groups is 1. The molecular formula is C14H18N2OS. The summed E-state index contributed by atoms with van der Waals surface area (Å²) in [5.41, 5.74) is 1.26. The second-order valence-electron chi connectivity index (χ2n) is 5.88. The van der Waals surface area contributed by atoms with Gasteiger partial charge in [0, 0.05) is 6.04 Å². The van der Waals surface area contributed by atoms with Crippen LogP contribution in [0.25, 0.3) is 0 Å². The summed E-state index contributed by atoms with van der Waals surface area (Å²) < 4.78 is 0. The minimum absolute atomic E-state index is 0.132. The summed E-state index contributed by atoms with van der Waals surface area (Å²) in [5.74, 6) is 1.94. The van der Waals surface area contributed by atoms with Gasteiger partial charge >= 0.3 is 0 Å². The summed E-state index contributed by atoms with van der Waals surface area (Å²) in [6.45, 7) is 0.508. The first kappa shape index (κ1) is 11.0. The molecule has 2 saturated carbocycles. The molecule has 1 N–H and O–H groups in total. The van der Waals surface area contributed by atoms with Gasteiger partial charge in [-0.3, -0.25) is 10.1 Å². The second kappa shape index (κ2) is 4.07. The van der Waals surface area contributed by atoms with Gasteiger partial charge < -0.3 is 4.90 Å². The van der Waals surface area contributed by atoms with Crippen LogP contribution in [0.1, 0.15) is 37.4 Å². The van der Waals surface area contributed by atoms with E-state index in [-0.39, 0.29) is 6.17 Å². The predicted molar refractivity (Wildman–Crippen MR) is 71.1 cm³/mol. The van der Waals surface area contributed by atoms with Gasteiger partial charge in [-0.25, -0.2) is 0 Å². The molecule has 2 aliphatic carbocycles. The van der Waals surface area contributed by atoms with Crippen molar-refractivity contribution in [1.82, 2.24) is 10.2 Å².